The Labute approximate surface area is 264 Å². The van der Waals surface area contributed by atoms with Crippen LogP contribution in [0.4, 0.5) is 18.0 Å². The number of carbonyl (C=O) groups excluding carboxylic acids is 1. The molecule has 0 unspecified atom stereocenters. The number of hydrogen-bond acceptors (Lipinski definition) is 6. The van der Waals surface area contributed by atoms with E-state index >= 15 is 0 Å². The molecule has 2 aromatic carbocycles. The topological polar surface area (TPSA) is 136 Å². The second kappa shape index (κ2) is 14.0. The molecule has 10 nitrogen and oxygen atoms in total. The van der Waals surface area contributed by atoms with E-state index in [1.165, 1.54) is 33.1 Å². The average molecular weight is 637 g/mol. The van der Waals surface area contributed by atoms with Gasteiger partial charge in [-0.25, -0.2) is 9.59 Å². The number of amides is 1. The van der Waals surface area contributed by atoms with Crippen molar-refractivity contribution >= 4 is 33.9 Å². The van der Waals surface area contributed by atoms with E-state index in [0.29, 0.717) is 19.6 Å². The fourth-order valence-corrected chi connectivity index (χ4v) is 5.71. The molecule has 2 aliphatic heterocycles. The number of aliphatic carboxylic acids is 1. The van der Waals surface area contributed by atoms with E-state index < -0.39 is 17.7 Å². The van der Waals surface area contributed by atoms with Crippen molar-refractivity contribution in [1.29, 1.82) is 10.5 Å². The molecule has 4 heterocycles. The molecule has 4 aromatic rings. The molecule has 0 aliphatic carbocycles. The van der Waals surface area contributed by atoms with Crippen LogP contribution < -0.4 is 5.32 Å². The Bertz CT molecular complexity index is 1820. The summed E-state index contributed by atoms with van der Waals surface area (Å²) in [6, 6.07) is 21.0. The number of aromatic nitrogens is 2. The Morgan fingerprint density at radius 1 is 0.891 bits per heavy atom. The third-order valence-electron chi connectivity index (χ3n) is 7.56. The normalized spacial score (nSPS) is 14.0. The lowest BCUT2D eigenvalue weighted by Crippen LogP contribution is -2.40. The van der Waals surface area contributed by atoms with Gasteiger partial charge in [0.25, 0.3) is 0 Å². The van der Waals surface area contributed by atoms with Gasteiger partial charge in [0, 0.05) is 46.3 Å². The summed E-state index contributed by atoms with van der Waals surface area (Å²) in [7, 11) is 0. The molecule has 46 heavy (non-hydrogen) atoms. The molecule has 2 N–H and O–H groups in total. The highest BCUT2D eigenvalue weighted by atomic mass is 19.4. The number of carboxylic acids is 1. The number of carboxylic acid groups (broad SMARTS) is 1. The van der Waals surface area contributed by atoms with Gasteiger partial charge in [0.1, 0.15) is 18.7 Å². The van der Waals surface area contributed by atoms with Gasteiger partial charge >= 0.3 is 18.2 Å². The zero-order valence-corrected chi connectivity index (χ0v) is 25.8. The van der Waals surface area contributed by atoms with E-state index in [0.717, 1.165) is 37.1 Å². The smallest absolute Gasteiger partial charge is 0.475 e. The molecule has 0 atom stereocenters. The molecule has 6 rings (SSSR count). The minimum Gasteiger partial charge on any atom is -0.475 e. The predicted octanol–water partition coefficient (Wildman–Crippen LogP) is 5.90. The highest BCUT2D eigenvalue weighted by molar-refractivity contribution is 5.87. The van der Waals surface area contributed by atoms with Crippen LogP contribution in [0.5, 0.6) is 0 Å². The summed E-state index contributed by atoms with van der Waals surface area (Å²) in [6.07, 6.45) is -3.53. The lowest BCUT2D eigenvalue weighted by atomic mass is 10.0. The molecule has 0 saturated heterocycles. The minimum absolute atomic E-state index is 0.290. The van der Waals surface area contributed by atoms with Gasteiger partial charge in [0.2, 0.25) is 0 Å². The Morgan fingerprint density at radius 3 is 1.89 bits per heavy atom. The summed E-state index contributed by atoms with van der Waals surface area (Å²) in [5.41, 5.74) is 6.75. The predicted molar refractivity (Wildman–Crippen MR) is 165 cm³/mol. The van der Waals surface area contributed by atoms with Crippen molar-refractivity contribution in [3.8, 4) is 12.1 Å². The Balaban J connectivity index is 0.000000180. The van der Waals surface area contributed by atoms with E-state index in [1.807, 2.05) is 49.6 Å². The maximum absolute atomic E-state index is 12.3. The molecular weight excluding hydrogens is 601 g/mol. The number of para-hydroxylation sites is 2. The van der Waals surface area contributed by atoms with Crippen LogP contribution >= 0.6 is 0 Å². The van der Waals surface area contributed by atoms with Crippen molar-refractivity contribution in [1.82, 2.24) is 19.4 Å². The van der Waals surface area contributed by atoms with Crippen LogP contribution in [0.25, 0.3) is 21.8 Å². The molecule has 0 fully saturated rings. The van der Waals surface area contributed by atoms with Crippen LogP contribution in [0.1, 0.15) is 43.3 Å². The Hall–Kier alpha value is -5.01. The molecule has 0 radical (unpaired) electrons. The molecular formula is C33H35F3N6O4. The molecule has 0 saturated carbocycles. The summed E-state index contributed by atoms with van der Waals surface area (Å²) in [4.78, 5) is 23.0. The first-order chi connectivity index (χ1) is 21.8. The zero-order chi connectivity index (χ0) is 33.6. The first-order valence-corrected chi connectivity index (χ1v) is 14.7. The van der Waals surface area contributed by atoms with Gasteiger partial charge < -0.3 is 29.2 Å². The quantitative estimate of drug-likeness (QED) is 0.280. The molecule has 0 spiro atoms. The number of hydrogen-bond donors (Lipinski definition) is 2. The fraction of sp³-hybridized carbons (Fsp3) is 0.394. The number of ether oxygens (including phenoxy) is 1. The van der Waals surface area contributed by atoms with Crippen LogP contribution in [0.2, 0.25) is 0 Å². The number of rotatable bonds is 2. The van der Waals surface area contributed by atoms with E-state index in [9.17, 15) is 18.0 Å². The highest BCUT2D eigenvalue weighted by Gasteiger charge is 2.38. The molecule has 13 heteroatoms. The summed E-state index contributed by atoms with van der Waals surface area (Å²) in [6.45, 7) is 9.38. The van der Waals surface area contributed by atoms with E-state index in [2.05, 4.69) is 46.3 Å². The van der Waals surface area contributed by atoms with Crippen LogP contribution in [-0.2, 0) is 48.6 Å². The summed E-state index contributed by atoms with van der Waals surface area (Å²) < 4.78 is 41.4. The van der Waals surface area contributed by atoms with Gasteiger partial charge in [0.05, 0.1) is 18.7 Å². The average Bonchev–Trinajstić information content (AvgIpc) is 3.49. The van der Waals surface area contributed by atoms with Crippen LogP contribution in [0, 0.1) is 22.7 Å². The second-order valence-electron chi connectivity index (χ2n) is 11.8. The van der Waals surface area contributed by atoms with Crippen molar-refractivity contribution in [3.05, 3.63) is 71.0 Å². The third kappa shape index (κ3) is 7.61. The van der Waals surface area contributed by atoms with Gasteiger partial charge in [-0.3, -0.25) is 0 Å². The van der Waals surface area contributed by atoms with E-state index in [1.54, 1.807) is 4.90 Å². The molecule has 2 aromatic heterocycles. The molecule has 242 valence electrons. The summed E-state index contributed by atoms with van der Waals surface area (Å²) >= 11 is 0. The molecule has 0 bridgehead atoms. The lowest BCUT2D eigenvalue weighted by Gasteiger charge is -2.30. The largest absolute Gasteiger partial charge is 0.490 e. The van der Waals surface area contributed by atoms with Crippen LogP contribution in [-0.4, -0.2) is 56.1 Å². The number of halogens is 3. The number of alkyl halides is 3. The van der Waals surface area contributed by atoms with E-state index in [4.69, 9.17) is 25.2 Å². The first kappa shape index (κ1) is 33.9. The third-order valence-corrected chi connectivity index (χ3v) is 7.56. The highest BCUT2D eigenvalue weighted by Crippen LogP contribution is 2.31. The monoisotopic (exact) mass is 636 g/mol. The SMILES string of the molecule is CC(C)(C)OC(=O)N1CCc2c(n(CC#N)c3ccccc23)C1.N#CCn1c2c(c3ccccc31)CCNC2.O=C(O)C(F)(F)F. The number of fused-ring (bicyclic) bond motifs is 6. The number of carbonyl (C=O) groups is 2. The maximum atomic E-state index is 12.3. The lowest BCUT2D eigenvalue weighted by molar-refractivity contribution is -0.192. The van der Waals surface area contributed by atoms with Crippen LogP contribution in [0.15, 0.2) is 48.5 Å². The van der Waals surface area contributed by atoms with Crippen molar-refractivity contribution < 1.29 is 32.6 Å². The van der Waals surface area contributed by atoms with Crippen LogP contribution in [0.3, 0.4) is 0 Å². The first-order valence-electron chi connectivity index (χ1n) is 14.7. The van der Waals surface area contributed by atoms with Crippen molar-refractivity contribution in [2.75, 3.05) is 13.1 Å². The van der Waals surface area contributed by atoms with Gasteiger partial charge in [-0.15, -0.1) is 0 Å². The van der Waals surface area contributed by atoms with E-state index in [-0.39, 0.29) is 12.6 Å². The number of nitrogens with zero attached hydrogens (tertiary/aromatic N) is 5. The Kier molecular flexibility index (Phi) is 10.3. The second-order valence-corrected chi connectivity index (χ2v) is 11.8. The Morgan fingerprint density at radius 2 is 1.39 bits per heavy atom. The standard InChI is InChI=1S/C18H21N3O2.C13H13N3.C2HF3O2/c1-18(2,3)23-17(22)20-10-8-14-13-6-4-5-7-15(13)21(11-9-19)16(14)12-20;14-6-8-16-12-4-2-1-3-10(12)11-5-7-15-9-13(11)16;3-2(4,5)1(6)7/h4-7H,8,10-12H2,1-3H3;1-4,15H,5,7-9H2;(H,6,7). The fourth-order valence-electron chi connectivity index (χ4n) is 5.71. The number of benzene rings is 2. The summed E-state index contributed by atoms with van der Waals surface area (Å²) in [5.74, 6) is -2.76. The molecule has 2 aliphatic rings. The van der Waals surface area contributed by atoms with Gasteiger partial charge in [0.15, 0.2) is 0 Å². The number of nitrogens with one attached hydrogen (secondary N) is 1. The summed E-state index contributed by atoms with van der Waals surface area (Å²) in [5, 5.41) is 31.1. The van der Waals surface area contributed by atoms with Gasteiger partial charge in [-0.05, 0) is 63.4 Å². The van der Waals surface area contributed by atoms with Crippen molar-refractivity contribution in [2.45, 2.75) is 71.6 Å². The zero-order valence-electron chi connectivity index (χ0n) is 25.8. The minimum atomic E-state index is -5.08. The van der Waals surface area contributed by atoms with Crippen molar-refractivity contribution in [2.24, 2.45) is 0 Å². The maximum Gasteiger partial charge on any atom is 0.490 e. The van der Waals surface area contributed by atoms with Gasteiger partial charge in [-0.1, -0.05) is 36.4 Å². The molecule has 1 amide bonds. The number of nitriles is 2. The van der Waals surface area contributed by atoms with Crippen molar-refractivity contribution in [3.63, 3.8) is 0 Å². The van der Waals surface area contributed by atoms with Gasteiger partial charge in [-0.2, -0.15) is 23.7 Å².